The van der Waals surface area contributed by atoms with Crippen molar-refractivity contribution in [1.29, 1.82) is 0 Å². The summed E-state index contributed by atoms with van der Waals surface area (Å²) in [6.07, 6.45) is 4.15. The molecule has 15 nitrogen and oxygen atoms in total. The average Bonchev–Trinajstić information content (AvgIpc) is 3.85. The highest BCUT2D eigenvalue weighted by atomic mass is 16.2. The lowest BCUT2D eigenvalue weighted by Crippen LogP contribution is -2.32. The Morgan fingerprint density at radius 3 is 2.44 bits per heavy atom. The molecule has 4 N–H and O–H groups in total. The van der Waals surface area contributed by atoms with Crippen LogP contribution in [0.5, 0.6) is 0 Å². The third-order valence-electron chi connectivity index (χ3n) is 8.37. The third-order valence-corrected chi connectivity index (χ3v) is 8.37. The molecule has 1 saturated carbocycles. The molecular weight excluding hydrogens is 614 g/mol. The van der Waals surface area contributed by atoms with E-state index in [2.05, 4.69) is 53.4 Å². The number of para-hydroxylation sites is 1. The van der Waals surface area contributed by atoms with E-state index in [1.165, 1.54) is 11.9 Å². The summed E-state index contributed by atoms with van der Waals surface area (Å²) in [6, 6.07) is 12.2. The van der Waals surface area contributed by atoms with Gasteiger partial charge in [0.25, 0.3) is 11.8 Å². The monoisotopic (exact) mass is 651 g/mol. The molecule has 2 aliphatic rings. The molecule has 0 saturated heterocycles. The second-order valence-corrected chi connectivity index (χ2v) is 12.0. The third kappa shape index (κ3) is 6.26. The Morgan fingerprint density at radius 1 is 0.958 bits per heavy atom. The molecule has 1 aromatic carbocycles. The first-order valence-electron chi connectivity index (χ1n) is 15.7. The Labute approximate surface area is 277 Å². The molecule has 1 aliphatic carbocycles. The van der Waals surface area contributed by atoms with Crippen molar-refractivity contribution >= 4 is 52.3 Å². The molecule has 0 unspecified atom stereocenters. The molecule has 1 atom stereocenters. The van der Waals surface area contributed by atoms with E-state index in [1.807, 2.05) is 25.2 Å². The largest absolute Gasteiger partial charge is 0.364 e. The smallest absolute Gasteiger partial charge is 0.273 e. The fourth-order valence-corrected chi connectivity index (χ4v) is 5.85. The van der Waals surface area contributed by atoms with Crippen molar-refractivity contribution < 1.29 is 19.2 Å². The van der Waals surface area contributed by atoms with Gasteiger partial charge in [0.05, 0.1) is 35.0 Å². The Bertz CT molecular complexity index is 1920. The number of aromatic nitrogens is 5. The van der Waals surface area contributed by atoms with Gasteiger partial charge in [0.15, 0.2) is 11.5 Å². The van der Waals surface area contributed by atoms with E-state index in [0.717, 1.165) is 35.3 Å². The minimum absolute atomic E-state index is 0.0228. The second-order valence-electron chi connectivity index (χ2n) is 12.0. The molecule has 15 heteroatoms. The van der Waals surface area contributed by atoms with Crippen molar-refractivity contribution in [3.8, 4) is 11.1 Å². The minimum atomic E-state index is -0.428. The quantitative estimate of drug-likeness (QED) is 0.199. The molecule has 1 fully saturated rings. The first-order valence-corrected chi connectivity index (χ1v) is 15.7. The first kappa shape index (κ1) is 32.1. The molecule has 4 amide bonds. The average molecular weight is 652 g/mol. The zero-order chi connectivity index (χ0) is 34.1. The van der Waals surface area contributed by atoms with Gasteiger partial charge in [0.1, 0.15) is 18.1 Å². The SMILES string of the molecule is CC[C@@H]1c2c(cnn2CC(=O)Nc2cccc(C(=O)N(C)C)n2)-c2cccc(Nc3cc(NC(=O)C4CC4)nnc3C(=O)NC)c2N1C. The van der Waals surface area contributed by atoms with Crippen LogP contribution in [0, 0.1) is 5.92 Å². The fraction of sp³-hybridized carbons (Fsp3) is 0.333. The highest BCUT2D eigenvalue weighted by molar-refractivity contribution is 6.01. The van der Waals surface area contributed by atoms with Crippen LogP contribution in [-0.4, -0.2) is 81.7 Å². The van der Waals surface area contributed by atoms with Crippen molar-refractivity contribution in [1.82, 2.24) is 35.2 Å². The van der Waals surface area contributed by atoms with Crippen LogP contribution in [0.2, 0.25) is 0 Å². The van der Waals surface area contributed by atoms with Crippen LogP contribution < -0.4 is 26.2 Å². The van der Waals surface area contributed by atoms with Crippen LogP contribution in [0.15, 0.2) is 48.7 Å². The summed E-state index contributed by atoms with van der Waals surface area (Å²) in [5.41, 5.74) is 4.91. The molecule has 4 heterocycles. The number of rotatable bonds is 10. The van der Waals surface area contributed by atoms with Crippen LogP contribution in [0.1, 0.15) is 58.9 Å². The zero-order valence-corrected chi connectivity index (χ0v) is 27.4. The molecule has 3 aromatic heterocycles. The van der Waals surface area contributed by atoms with E-state index < -0.39 is 5.91 Å². The van der Waals surface area contributed by atoms with E-state index in [0.29, 0.717) is 17.8 Å². The van der Waals surface area contributed by atoms with Crippen LogP contribution in [0.4, 0.5) is 28.7 Å². The summed E-state index contributed by atoms with van der Waals surface area (Å²) in [6.45, 7) is 2.00. The van der Waals surface area contributed by atoms with Gasteiger partial charge in [-0.25, -0.2) is 4.98 Å². The van der Waals surface area contributed by atoms with Crippen molar-refractivity contribution in [2.24, 2.45) is 5.92 Å². The summed E-state index contributed by atoms with van der Waals surface area (Å²) in [5, 5.41) is 24.4. The van der Waals surface area contributed by atoms with Gasteiger partial charge in [-0.3, -0.25) is 23.9 Å². The minimum Gasteiger partial charge on any atom is -0.364 e. The fourth-order valence-electron chi connectivity index (χ4n) is 5.85. The van der Waals surface area contributed by atoms with Crippen LogP contribution in [0.25, 0.3) is 11.1 Å². The summed E-state index contributed by atoms with van der Waals surface area (Å²) in [5.74, 6) is -0.644. The van der Waals surface area contributed by atoms with Gasteiger partial charge in [-0.1, -0.05) is 25.1 Å². The van der Waals surface area contributed by atoms with Gasteiger partial charge in [0.2, 0.25) is 11.8 Å². The van der Waals surface area contributed by atoms with Crippen molar-refractivity contribution in [3.05, 3.63) is 65.7 Å². The molecule has 0 radical (unpaired) electrons. The van der Waals surface area contributed by atoms with Gasteiger partial charge >= 0.3 is 0 Å². The number of pyridine rings is 1. The maximum Gasteiger partial charge on any atom is 0.273 e. The van der Waals surface area contributed by atoms with Gasteiger partial charge in [-0.2, -0.15) is 5.10 Å². The molecule has 248 valence electrons. The molecule has 1 aliphatic heterocycles. The zero-order valence-electron chi connectivity index (χ0n) is 27.4. The standard InChI is InChI=1S/C33H37N11O4/c1-6-24-30-20(16-35-44(30)17-27(45)38-25-12-8-11-22(37-25)33(48)42(3)4)19-9-7-10-21(29(19)43(24)5)36-23-15-26(39-31(46)18-13-14-18)40-41-28(23)32(47)34-2/h7-12,15-16,18,24H,6,13-14,17H2,1-5H3,(H,34,47)(H,37,38,45)(H2,36,39,40,46)/t24-/m1/s1. The Kier molecular flexibility index (Phi) is 8.76. The van der Waals surface area contributed by atoms with Gasteiger partial charge in [-0.15, -0.1) is 10.2 Å². The number of carbonyl (C=O) groups is 4. The number of anilines is 5. The number of amides is 4. The van der Waals surface area contributed by atoms with Gasteiger partial charge < -0.3 is 31.1 Å². The van der Waals surface area contributed by atoms with Crippen LogP contribution >= 0.6 is 0 Å². The van der Waals surface area contributed by atoms with Crippen molar-refractivity contribution in [2.75, 3.05) is 49.0 Å². The molecule has 0 spiro atoms. The maximum absolute atomic E-state index is 13.2. The summed E-state index contributed by atoms with van der Waals surface area (Å²) in [7, 11) is 6.77. The predicted molar refractivity (Wildman–Crippen MR) is 180 cm³/mol. The number of hydrogen-bond donors (Lipinski definition) is 4. The lowest BCUT2D eigenvalue weighted by Gasteiger charge is -2.37. The number of benzene rings is 1. The van der Waals surface area contributed by atoms with Gasteiger partial charge in [-0.05, 0) is 37.5 Å². The van der Waals surface area contributed by atoms with Crippen molar-refractivity contribution in [3.63, 3.8) is 0 Å². The maximum atomic E-state index is 13.2. The highest BCUT2D eigenvalue weighted by Crippen LogP contribution is 2.49. The van der Waals surface area contributed by atoms with E-state index in [9.17, 15) is 19.2 Å². The summed E-state index contributed by atoms with van der Waals surface area (Å²) < 4.78 is 1.69. The number of nitrogens with one attached hydrogen (secondary N) is 4. The lowest BCUT2D eigenvalue weighted by molar-refractivity contribution is -0.118. The van der Waals surface area contributed by atoms with Crippen LogP contribution in [-0.2, 0) is 16.1 Å². The number of carbonyl (C=O) groups excluding carboxylic acids is 4. The topological polar surface area (TPSA) is 179 Å². The predicted octanol–water partition coefficient (Wildman–Crippen LogP) is 3.43. The van der Waals surface area contributed by atoms with Gasteiger partial charge in [0, 0.05) is 51.3 Å². The number of fused-ring (bicyclic) bond motifs is 3. The van der Waals surface area contributed by atoms with Crippen LogP contribution in [0.3, 0.4) is 0 Å². The number of hydrogen-bond acceptors (Lipinski definition) is 10. The van der Waals surface area contributed by atoms with E-state index in [-0.39, 0.29) is 59.2 Å². The van der Waals surface area contributed by atoms with E-state index in [1.54, 1.807) is 49.2 Å². The summed E-state index contributed by atoms with van der Waals surface area (Å²) >= 11 is 0. The lowest BCUT2D eigenvalue weighted by atomic mass is 9.91. The van der Waals surface area contributed by atoms with E-state index in [4.69, 9.17) is 0 Å². The van der Waals surface area contributed by atoms with E-state index >= 15 is 0 Å². The second kappa shape index (κ2) is 13.1. The molecule has 48 heavy (non-hydrogen) atoms. The highest BCUT2D eigenvalue weighted by Gasteiger charge is 2.34. The molecular formula is C33H37N11O4. The Hall–Kier alpha value is -5.86. The van der Waals surface area contributed by atoms with Crippen molar-refractivity contribution in [2.45, 2.75) is 38.8 Å². The molecule has 6 rings (SSSR count). The first-order chi connectivity index (χ1) is 23.1. The number of nitrogens with zero attached hydrogens (tertiary/aromatic N) is 7. The molecule has 4 aromatic rings. The molecule has 0 bridgehead atoms. The Balaban J connectivity index is 1.30. The Morgan fingerprint density at radius 2 is 1.73 bits per heavy atom. The summed E-state index contributed by atoms with van der Waals surface area (Å²) in [4.78, 5) is 58.6. The normalized spacial score (nSPS) is 14.8.